The minimum absolute atomic E-state index is 0.0338. The molecule has 0 aliphatic rings. The Balaban J connectivity index is 2.60. The number of nitrogens with two attached hydrogens (primary N) is 1. The lowest BCUT2D eigenvalue weighted by Gasteiger charge is -2.30. The zero-order valence-corrected chi connectivity index (χ0v) is 12.3. The van der Waals surface area contributed by atoms with Gasteiger partial charge in [0.25, 0.3) is 0 Å². The van der Waals surface area contributed by atoms with Crippen LogP contribution in [0.1, 0.15) is 45.1 Å². The van der Waals surface area contributed by atoms with Crippen LogP contribution in [-0.2, 0) is 4.79 Å². The topological polar surface area (TPSA) is 55.1 Å². The van der Waals surface area contributed by atoms with E-state index in [0.29, 0.717) is 13.1 Å². The molecular formula is C16H26N2O. The van der Waals surface area contributed by atoms with Crippen LogP contribution in [0.4, 0.5) is 0 Å². The van der Waals surface area contributed by atoms with Crippen molar-refractivity contribution in [3.8, 4) is 0 Å². The van der Waals surface area contributed by atoms with E-state index in [1.165, 1.54) is 0 Å². The summed E-state index contributed by atoms with van der Waals surface area (Å²) in [6, 6.07) is 9.85. The second kappa shape index (κ2) is 7.29. The van der Waals surface area contributed by atoms with Gasteiger partial charge in [0.1, 0.15) is 0 Å². The van der Waals surface area contributed by atoms with Gasteiger partial charge in [0.15, 0.2) is 0 Å². The van der Waals surface area contributed by atoms with Crippen LogP contribution in [0.25, 0.3) is 0 Å². The van der Waals surface area contributed by atoms with Crippen molar-refractivity contribution in [2.75, 3.05) is 13.1 Å². The van der Waals surface area contributed by atoms with Crippen molar-refractivity contribution in [2.45, 2.75) is 39.5 Å². The fourth-order valence-electron chi connectivity index (χ4n) is 2.18. The molecule has 19 heavy (non-hydrogen) atoms. The summed E-state index contributed by atoms with van der Waals surface area (Å²) in [5.41, 5.74) is 6.93. The summed E-state index contributed by atoms with van der Waals surface area (Å²) in [6.45, 7) is 7.46. The molecule has 0 radical (unpaired) electrons. The smallest absolute Gasteiger partial charge is 0.227 e. The van der Waals surface area contributed by atoms with Gasteiger partial charge in [-0.25, -0.2) is 0 Å². The highest BCUT2D eigenvalue weighted by atomic mass is 16.1. The van der Waals surface area contributed by atoms with Gasteiger partial charge in [0, 0.05) is 6.54 Å². The molecule has 0 saturated carbocycles. The number of hydrogen-bond donors (Lipinski definition) is 2. The number of hydrogen-bond acceptors (Lipinski definition) is 2. The third kappa shape index (κ3) is 4.06. The number of amides is 1. The first kappa shape index (κ1) is 15.7. The van der Waals surface area contributed by atoms with Crippen molar-refractivity contribution in [3.05, 3.63) is 35.9 Å². The van der Waals surface area contributed by atoms with E-state index >= 15 is 0 Å². The molecule has 0 fully saturated rings. The maximum absolute atomic E-state index is 12.2. The van der Waals surface area contributed by atoms with E-state index < -0.39 is 0 Å². The van der Waals surface area contributed by atoms with Crippen LogP contribution in [0.15, 0.2) is 30.3 Å². The maximum Gasteiger partial charge on any atom is 0.227 e. The lowest BCUT2D eigenvalue weighted by molar-refractivity contribution is -0.122. The van der Waals surface area contributed by atoms with Gasteiger partial charge in [0.2, 0.25) is 5.91 Å². The first-order valence-electron chi connectivity index (χ1n) is 7.11. The molecule has 0 bridgehead atoms. The number of nitrogens with one attached hydrogen (secondary N) is 1. The van der Waals surface area contributed by atoms with Crippen molar-refractivity contribution >= 4 is 5.91 Å². The summed E-state index contributed by atoms with van der Waals surface area (Å²) in [7, 11) is 0. The molecular weight excluding hydrogens is 236 g/mol. The molecule has 0 aliphatic heterocycles. The third-order valence-electron chi connectivity index (χ3n) is 4.26. The van der Waals surface area contributed by atoms with Gasteiger partial charge in [0.05, 0.1) is 5.92 Å². The Kier molecular flexibility index (Phi) is 6.03. The van der Waals surface area contributed by atoms with E-state index in [9.17, 15) is 4.79 Å². The van der Waals surface area contributed by atoms with E-state index in [0.717, 1.165) is 18.4 Å². The Labute approximate surface area is 116 Å². The molecule has 1 atom stereocenters. The first-order valence-corrected chi connectivity index (χ1v) is 7.11. The quantitative estimate of drug-likeness (QED) is 0.793. The normalized spacial score (nSPS) is 13.1. The van der Waals surface area contributed by atoms with Crippen LogP contribution in [-0.4, -0.2) is 19.0 Å². The van der Waals surface area contributed by atoms with E-state index in [1.54, 1.807) is 0 Å². The average Bonchev–Trinajstić information content (AvgIpc) is 2.49. The predicted molar refractivity (Wildman–Crippen MR) is 79.9 cm³/mol. The molecule has 3 N–H and O–H groups in total. The molecule has 3 nitrogen and oxygen atoms in total. The average molecular weight is 262 g/mol. The van der Waals surface area contributed by atoms with Gasteiger partial charge in [-0.3, -0.25) is 4.79 Å². The molecule has 1 rings (SSSR count). The largest absolute Gasteiger partial charge is 0.355 e. The molecule has 106 valence electrons. The van der Waals surface area contributed by atoms with Crippen LogP contribution in [0, 0.1) is 5.41 Å². The molecule has 0 aliphatic carbocycles. The number of carbonyl (C=O) groups is 1. The minimum Gasteiger partial charge on any atom is -0.355 e. The van der Waals surface area contributed by atoms with Crippen molar-refractivity contribution in [2.24, 2.45) is 11.1 Å². The van der Waals surface area contributed by atoms with Crippen molar-refractivity contribution in [3.63, 3.8) is 0 Å². The van der Waals surface area contributed by atoms with Gasteiger partial charge < -0.3 is 11.1 Å². The first-order chi connectivity index (χ1) is 9.08. The molecule has 0 saturated heterocycles. The highest BCUT2D eigenvalue weighted by Crippen LogP contribution is 2.24. The fraction of sp³-hybridized carbons (Fsp3) is 0.562. The predicted octanol–water partition coefficient (Wildman–Crippen LogP) is 2.67. The molecule has 0 heterocycles. The molecule has 0 aromatic heterocycles. The summed E-state index contributed by atoms with van der Waals surface area (Å²) in [6.07, 6.45) is 1.97. The minimum atomic E-state index is -0.120. The molecule has 1 aromatic carbocycles. The Hall–Kier alpha value is -1.35. The Morgan fingerprint density at radius 1 is 1.26 bits per heavy atom. The maximum atomic E-state index is 12.2. The lowest BCUT2D eigenvalue weighted by atomic mass is 9.82. The SMILES string of the molecule is CCC(CC)(CN)CNC(=O)C(C)c1ccccc1. The van der Waals surface area contributed by atoms with Crippen molar-refractivity contribution in [1.29, 1.82) is 0 Å². The standard InChI is InChI=1S/C16H26N2O/c1-4-16(5-2,11-17)12-18-15(19)13(3)14-9-7-6-8-10-14/h6-10,13H,4-5,11-12,17H2,1-3H3,(H,18,19). The Morgan fingerprint density at radius 2 is 1.84 bits per heavy atom. The summed E-state index contributed by atoms with van der Waals surface area (Å²) >= 11 is 0. The zero-order chi connectivity index (χ0) is 14.3. The number of benzene rings is 1. The number of rotatable bonds is 7. The van der Waals surface area contributed by atoms with Crippen molar-refractivity contribution in [1.82, 2.24) is 5.32 Å². The zero-order valence-electron chi connectivity index (χ0n) is 12.3. The molecule has 3 heteroatoms. The van der Waals surface area contributed by atoms with E-state index in [1.807, 2.05) is 37.3 Å². The van der Waals surface area contributed by atoms with E-state index in [-0.39, 0.29) is 17.2 Å². The van der Waals surface area contributed by atoms with Gasteiger partial charge in [-0.1, -0.05) is 44.2 Å². The highest BCUT2D eigenvalue weighted by Gasteiger charge is 2.26. The molecule has 1 unspecified atom stereocenters. The Bertz CT molecular complexity index is 377. The van der Waals surface area contributed by atoms with Crippen LogP contribution >= 0.6 is 0 Å². The lowest BCUT2D eigenvalue weighted by Crippen LogP contribution is -2.42. The van der Waals surface area contributed by atoms with E-state index in [2.05, 4.69) is 19.2 Å². The second-order valence-electron chi connectivity index (χ2n) is 5.26. The van der Waals surface area contributed by atoms with Crippen molar-refractivity contribution < 1.29 is 4.79 Å². The van der Waals surface area contributed by atoms with Gasteiger partial charge in [-0.15, -0.1) is 0 Å². The van der Waals surface area contributed by atoms with E-state index in [4.69, 9.17) is 5.73 Å². The summed E-state index contributed by atoms with van der Waals surface area (Å²) < 4.78 is 0. The summed E-state index contributed by atoms with van der Waals surface area (Å²) in [4.78, 5) is 12.2. The monoisotopic (exact) mass is 262 g/mol. The fourth-order valence-corrected chi connectivity index (χ4v) is 2.18. The number of carbonyl (C=O) groups excluding carboxylic acids is 1. The molecule has 1 aromatic rings. The van der Waals surface area contributed by atoms with Crippen LogP contribution in [0.3, 0.4) is 0 Å². The summed E-state index contributed by atoms with van der Waals surface area (Å²) in [5, 5.41) is 3.06. The van der Waals surface area contributed by atoms with Crippen LogP contribution in [0.5, 0.6) is 0 Å². The third-order valence-corrected chi connectivity index (χ3v) is 4.26. The van der Waals surface area contributed by atoms with Gasteiger partial charge in [-0.05, 0) is 37.3 Å². The molecule has 1 amide bonds. The Morgan fingerprint density at radius 3 is 2.32 bits per heavy atom. The van der Waals surface area contributed by atoms with Gasteiger partial charge in [-0.2, -0.15) is 0 Å². The van der Waals surface area contributed by atoms with Gasteiger partial charge >= 0.3 is 0 Å². The summed E-state index contributed by atoms with van der Waals surface area (Å²) in [5.74, 6) is -0.0451. The second-order valence-corrected chi connectivity index (χ2v) is 5.26. The van der Waals surface area contributed by atoms with Crippen LogP contribution < -0.4 is 11.1 Å². The molecule has 0 spiro atoms. The highest BCUT2D eigenvalue weighted by molar-refractivity contribution is 5.83. The van der Waals surface area contributed by atoms with Crippen LogP contribution in [0.2, 0.25) is 0 Å².